The quantitative estimate of drug-likeness (QED) is 0.714. The van der Waals surface area contributed by atoms with Crippen molar-refractivity contribution in [3.05, 3.63) is 57.7 Å². The lowest BCUT2D eigenvalue weighted by Crippen LogP contribution is -2.49. The second-order valence-electron chi connectivity index (χ2n) is 6.71. The van der Waals surface area contributed by atoms with Crippen molar-refractivity contribution >= 4 is 40.1 Å². The number of fused-ring (bicyclic) bond motifs is 2. The SMILES string of the molecule is O=C(COc1ccc(I)cc1)N1CCC2(CC1)C(=O)Nc1ccccc12. The molecule has 2 aromatic rings. The molecule has 0 bridgehead atoms. The molecule has 2 aromatic carbocycles. The molecule has 2 aliphatic rings. The number of carbonyl (C=O) groups excluding carboxylic acids is 2. The molecule has 1 saturated heterocycles. The first-order valence-corrected chi connectivity index (χ1v) is 9.73. The Morgan fingerprint density at radius 3 is 2.54 bits per heavy atom. The Labute approximate surface area is 165 Å². The zero-order valence-corrected chi connectivity index (χ0v) is 16.4. The Hall–Kier alpha value is -2.09. The summed E-state index contributed by atoms with van der Waals surface area (Å²) < 4.78 is 6.72. The molecule has 4 rings (SSSR count). The molecule has 0 radical (unpaired) electrons. The van der Waals surface area contributed by atoms with Crippen LogP contribution in [0.25, 0.3) is 0 Å². The Morgan fingerprint density at radius 1 is 1.12 bits per heavy atom. The van der Waals surface area contributed by atoms with Gasteiger partial charge in [-0.1, -0.05) is 18.2 Å². The number of ether oxygens (including phenoxy) is 1. The maximum atomic E-state index is 12.6. The average Bonchev–Trinajstić information content (AvgIpc) is 2.93. The molecule has 134 valence electrons. The Balaban J connectivity index is 1.38. The largest absolute Gasteiger partial charge is 0.484 e. The number of piperidine rings is 1. The fourth-order valence-corrected chi connectivity index (χ4v) is 4.13. The molecule has 0 unspecified atom stereocenters. The van der Waals surface area contributed by atoms with Crippen LogP contribution in [0.15, 0.2) is 48.5 Å². The highest BCUT2D eigenvalue weighted by Gasteiger charge is 2.48. The van der Waals surface area contributed by atoms with Crippen LogP contribution >= 0.6 is 22.6 Å². The third kappa shape index (κ3) is 3.06. The zero-order chi connectivity index (χ0) is 18.1. The maximum absolute atomic E-state index is 12.6. The van der Waals surface area contributed by atoms with E-state index in [9.17, 15) is 9.59 Å². The van der Waals surface area contributed by atoms with Crippen LogP contribution in [0.3, 0.4) is 0 Å². The highest BCUT2D eigenvalue weighted by atomic mass is 127. The minimum Gasteiger partial charge on any atom is -0.484 e. The lowest BCUT2D eigenvalue weighted by Gasteiger charge is -2.37. The van der Waals surface area contributed by atoms with Crippen molar-refractivity contribution in [2.24, 2.45) is 0 Å². The summed E-state index contributed by atoms with van der Waals surface area (Å²) in [5.74, 6) is 0.711. The molecule has 0 aromatic heterocycles. The van der Waals surface area contributed by atoms with E-state index >= 15 is 0 Å². The molecule has 6 heteroatoms. The highest BCUT2D eigenvalue weighted by molar-refractivity contribution is 14.1. The van der Waals surface area contributed by atoms with E-state index in [1.807, 2.05) is 48.5 Å². The van der Waals surface area contributed by atoms with Crippen LogP contribution in [-0.2, 0) is 15.0 Å². The van der Waals surface area contributed by atoms with Gasteiger partial charge in [0, 0.05) is 22.3 Å². The molecular formula is C20H19IN2O3. The summed E-state index contributed by atoms with van der Waals surface area (Å²) in [6.07, 6.45) is 1.29. The molecule has 0 saturated carbocycles. The van der Waals surface area contributed by atoms with Crippen molar-refractivity contribution < 1.29 is 14.3 Å². The van der Waals surface area contributed by atoms with E-state index in [4.69, 9.17) is 4.74 Å². The molecule has 5 nitrogen and oxygen atoms in total. The van der Waals surface area contributed by atoms with Gasteiger partial charge in [0.05, 0.1) is 5.41 Å². The van der Waals surface area contributed by atoms with E-state index in [0.717, 1.165) is 14.8 Å². The lowest BCUT2D eigenvalue weighted by atomic mass is 9.73. The number of hydrogen-bond donors (Lipinski definition) is 1. The smallest absolute Gasteiger partial charge is 0.260 e. The number of para-hydroxylation sites is 1. The molecule has 2 amide bonds. The van der Waals surface area contributed by atoms with E-state index in [-0.39, 0.29) is 18.4 Å². The van der Waals surface area contributed by atoms with Crippen LogP contribution in [0, 0.1) is 3.57 Å². The molecule has 0 atom stereocenters. The standard InChI is InChI=1S/C20H19IN2O3/c21-14-5-7-15(8-6-14)26-13-18(24)23-11-9-20(10-12-23)16-3-1-2-4-17(16)22-19(20)25/h1-8H,9-13H2,(H,22,25). The van der Waals surface area contributed by atoms with E-state index in [1.165, 1.54) is 0 Å². The summed E-state index contributed by atoms with van der Waals surface area (Å²) in [7, 11) is 0. The molecule has 2 aliphatic heterocycles. The van der Waals surface area contributed by atoms with Crippen LogP contribution in [-0.4, -0.2) is 36.4 Å². The van der Waals surface area contributed by atoms with Gasteiger partial charge >= 0.3 is 0 Å². The van der Waals surface area contributed by atoms with Crippen LogP contribution < -0.4 is 10.1 Å². The predicted molar refractivity (Wildman–Crippen MR) is 107 cm³/mol. The maximum Gasteiger partial charge on any atom is 0.260 e. The van der Waals surface area contributed by atoms with Crippen LogP contribution in [0.2, 0.25) is 0 Å². The zero-order valence-electron chi connectivity index (χ0n) is 14.2. The van der Waals surface area contributed by atoms with Crippen LogP contribution in [0.1, 0.15) is 18.4 Å². The molecule has 2 heterocycles. The summed E-state index contributed by atoms with van der Waals surface area (Å²) in [6, 6.07) is 15.5. The fraction of sp³-hybridized carbons (Fsp3) is 0.300. The van der Waals surface area contributed by atoms with Gasteiger partial charge in [0.15, 0.2) is 6.61 Å². The van der Waals surface area contributed by atoms with Gasteiger partial charge in [0.25, 0.3) is 5.91 Å². The summed E-state index contributed by atoms with van der Waals surface area (Å²) in [5.41, 5.74) is 1.47. The number of nitrogens with zero attached hydrogens (tertiary/aromatic N) is 1. The molecule has 26 heavy (non-hydrogen) atoms. The fourth-order valence-electron chi connectivity index (χ4n) is 3.78. The van der Waals surface area contributed by atoms with E-state index < -0.39 is 5.41 Å². The van der Waals surface area contributed by atoms with E-state index in [2.05, 4.69) is 27.9 Å². The van der Waals surface area contributed by atoms with E-state index in [1.54, 1.807) is 4.90 Å². The van der Waals surface area contributed by atoms with Crippen molar-refractivity contribution in [2.45, 2.75) is 18.3 Å². The van der Waals surface area contributed by atoms with Gasteiger partial charge in [-0.2, -0.15) is 0 Å². The molecule has 0 aliphatic carbocycles. The van der Waals surface area contributed by atoms with Gasteiger partial charge in [0.2, 0.25) is 5.91 Å². The number of likely N-dealkylation sites (tertiary alicyclic amines) is 1. The van der Waals surface area contributed by atoms with Crippen LogP contribution in [0.5, 0.6) is 5.75 Å². The van der Waals surface area contributed by atoms with E-state index in [0.29, 0.717) is 31.7 Å². The minimum absolute atomic E-state index is 0.0242. The molecule has 1 fully saturated rings. The Kier molecular flexibility index (Phi) is 4.60. The van der Waals surface area contributed by atoms with Crippen molar-refractivity contribution in [1.82, 2.24) is 4.90 Å². The second kappa shape index (κ2) is 6.90. The second-order valence-corrected chi connectivity index (χ2v) is 7.95. The van der Waals surface area contributed by atoms with Gasteiger partial charge in [-0.15, -0.1) is 0 Å². The number of rotatable bonds is 3. The van der Waals surface area contributed by atoms with Gasteiger partial charge in [-0.05, 0) is 71.3 Å². The number of amides is 2. The first-order valence-electron chi connectivity index (χ1n) is 8.66. The third-order valence-electron chi connectivity index (χ3n) is 5.27. The molecule has 1 N–H and O–H groups in total. The van der Waals surface area contributed by atoms with Crippen LogP contribution in [0.4, 0.5) is 5.69 Å². The number of hydrogen-bond acceptors (Lipinski definition) is 3. The molecular weight excluding hydrogens is 443 g/mol. The van der Waals surface area contributed by atoms with Crippen molar-refractivity contribution in [3.63, 3.8) is 0 Å². The number of anilines is 1. The lowest BCUT2D eigenvalue weighted by molar-refractivity contribution is -0.137. The first-order chi connectivity index (χ1) is 12.6. The van der Waals surface area contributed by atoms with Gasteiger partial charge in [-0.25, -0.2) is 0 Å². The number of nitrogens with one attached hydrogen (secondary N) is 1. The van der Waals surface area contributed by atoms with Gasteiger partial charge in [0.1, 0.15) is 5.75 Å². The first kappa shape index (κ1) is 17.3. The monoisotopic (exact) mass is 462 g/mol. The summed E-state index contributed by atoms with van der Waals surface area (Å²) in [4.78, 5) is 26.8. The normalized spacial score (nSPS) is 17.7. The Bertz CT molecular complexity index is 842. The van der Waals surface area contributed by atoms with Gasteiger partial charge in [-0.3, -0.25) is 9.59 Å². The van der Waals surface area contributed by atoms with Crippen molar-refractivity contribution in [3.8, 4) is 5.75 Å². The minimum atomic E-state index is -0.496. The molecule has 1 spiro atoms. The third-order valence-corrected chi connectivity index (χ3v) is 5.99. The highest BCUT2D eigenvalue weighted by Crippen LogP contribution is 2.44. The van der Waals surface area contributed by atoms with Crippen molar-refractivity contribution in [2.75, 3.05) is 25.0 Å². The number of halogens is 1. The predicted octanol–water partition coefficient (Wildman–Crippen LogP) is 3.18. The number of benzene rings is 2. The summed E-state index contributed by atoms with van der Waals surface area (Å²) in [5, 5.41) is 2.99. The Morgan fingerprint density at radius 2 is 1.81 bits per heavy atom. The van der Waals surface area contributed by atoms with Gasteiger partial charge < -0.3 is 15.0 Å². The topological polar surface area (TPSA) is 58.6 Å². The summed E-state index contributed by atoms with van der Waals surface area (Å²) >= 11 is 2.23. The average molecular weight is 462 g/mol. The van der Waals surface area contributed by atoms with Crippen molar-refractivity contribution in [1.29, 1.82) is 0 Å². The summed E-state index contributed by atoms with van der Waals surface area (Å²) in [6.45, 7) is 1.16. The number of carbonyl (C=O) groups is 2.